The molecule has 0 atom stereocenters. The first kappa shape index (κ1) is 14.7. The summed E-state index contributed by atoms with van der Waals surface area (Å²) >= 11 is 3.32. The highest BCUT2D eigenvalue weighted by Crippen LogP contribution is 2.23. The van der Waals surface area contributed by atoms with Crippen LogP contribution in [0.1, 0.15) is 26.3 Å². The average molecular weight is 310 g/mol. The van der Waals surface area contributed by atoms with Gasteiger partial charge in [0.15, 0.2) is 0 Å². The van der Waals surface area contributed by atoms with Crippen LogP contribution in [-0.4, -0.2) is 18.0 Å². The molecule has 0 fully saturated rings. The Labute approximate surface area is 116 Å². The zero-order valence-electron chi connectivity index (χ0n) is 10.7. The SMILES string of the molecule is CC(C)(C)NCC(=O)Nc1ccc(C#N)cc1Br. The van der Waals surface area contributed by atoms with Crippen LogP contribution in [0.4, 0.5) is 5.69 Å². The van der Waals surface area contributed by atoms with Crippen molar-refractivity contribution < 1.29 is 4.79 Å². The number of amides is 1. The second-order valence-electron chi connectivity index (χ2n) is 4.96. The van der Waals surface area contributed by atoms with Gasteiger partial charge in [-0.3, -0.25) is 4.79 Å². The molecule has 0 bridgehead atoms. The van der Waals surface area contributed by atoms with E-state index in [0.29, 0.717) is 15.7 Å². The number of nitrogens with zero attached hydrogens (tertiary/aromatic N) is 1. The molecule has 4 nitrogen and oxygen atoms in total. The van der Waals surface area contributed by atoms with Crippen LogP contribution in [0.2, 0.25) is 0 Å². The van der Waals surface area contributed by atoms with Gasteiger partial charge in [0.05, 0.1) is 23.9 Å². The predicted molar refractivity (Wildman–Crippen MR) is 75.2 cm³/mol. The van der Waals surface area contributed by atoms with Crippen LogP contribution in [0.5, 0.6) is 0 Å². The first-order chi connectivity index (χ1) is 8.31. The lowest BCUT2D eigenvalue weighted by molar-refractivity contribution is -0.115. The Kier molecular flexibility index (Phi) is 4.88. The van der Waals surface area contributed by atoms with Crippen molar-refractivity contribution in [3.63, 3.8) is 0 Å². The highest BCUT2D eigenvalue weighted by Gasteiger charge is 2.12. The summed E-state index contributed by atoms with van der Waals surface area (Å²) in [5.74, 6) is -0.115. The van der Waals surface area contributed by atoms with E-state index >= 15 is 0 Å². The van der Waals surface area contributed by atoms with E-state index in [4.69, 9.17) is 5.26 Å². The fourth-order valence-electron chi connectivity index (χ4n) is 1.23. The summed E-state index contributed by atoms with van der Waals surface area (Å²) in [4.78, 5) is 11.7. The lowest BCUT2D eigenvalue weighted by Gasteiger charge is -2.20. The van der Waals surface area contributed by atoms with Gasteiger partial charge in [-0.1, -0.05) is 0 Å². The van der Waals surface area contributed by atoms with Crippen LogP contribution in [0.25, 0.3) is 0 Å². The standard InChI is InChI=1S/C13H16BrN3O/c1-13(2,3)16-8-12(18)17-11-5-4-9(7-15)6-10(11)14/h4-6,16H,8H2,1-3H3,(H,17,18). The van der Waals surface area contributed by atoms with Gasteiger partial charge < -0.3 is 10.6 Å². The van der Waals surface area contributed by atoms with Crippen molar-refractivity contribution in [1.29, 1.82) is 5.26 Å². The Balaban J connectivity index is 2.63. The molecule has 0 saturated heterocycles. The Morgan fingerprint density at radius 2 is 2.11 bits per heavy atom. The fraction of sp³-hybridized carbons (Fsp3) is 0.385. The maximum Gasteiger partial charge on any atom is 0.238 e. The van der Waals surface area contributed by atoms with E-state index in [2.05, 4.69) is 26.6 Å². The number of halogens is 1. The molecule has 0 aliphatic heterocycles. The summed E-state index contributed by atoms with van der Waals surface area (Å²) in [6, 6.07) is 7.08. The Bertz CT molecular complexity index is 486. The van der Waals surface area contributed by atoms with Crippen LogP contribution in [0, 0.1) is 11.3 Å². The van der Waals surface area contributed by atoms with E-state index in [1.807, 2.05) is 26.8 Å². The number of carbonyl (C=O) groups excluding carboxylic acids is 1. The largest absolute Gasteiger partial charge is 0.324 e. The molecule has 18 heavy (non-hydrogen) atoms. The van der Waals surface area contributed by atoms with Crippen molar-refractivity contribution in [2.45, 2.75) is 26.3 Å². The number of rotatable bonds is 3. The van der Waals surface area contributed by atoms with Crippen molar-refractivity contribution in [3.8, 4) is 6.07 Å². The van der Waals surface area contributed by atoms with Gasteiger partial charge in [-0.05, 0) is 54.9 Å². The second kappa shape index (κ2) is 5.98. The third kappa shape index (κ3) is 4.86. The van der Waals surface area contributed by atoms with Crippen LogP contribution in [0.15, 0.2) is 22.7 Å². The van der Waals surface area contributed by atoms with E-state index in [9.17, 15) is 4.79 Å². The molecule has 1 rings (SSSR count). The normalized spacial score (nSPS) is 10.8. The van der Waals surface area contributed by atoms with Crippen molar-refractivity contribution in [3.05, 3.63) is 28.2 Å². The molecule has 0 aliphatic carbocycles. The molecule has 0 aliphatic rings. The van der Waals surface area contributed by atoms with Crippen LogP contribution in [-0.2, 0) is 4.79 Å². The number of carbonyl (C=O) groups is 1. The molecular formula is C13H16BrN3O. The number of nitriles is 1. The van der Waals surface area contributed by atoms with Gasteiger partial charge in [0, 0.05) is 10.0 Å². The molecule has 0 saturated carbocycles. The molecule has 0 radical (unpaired) electrons. The van der Waals surface area contributed by atoms with Crippen LogP contribution >= 0.6 is 15.9 Å². The lowest BCUT2D eigenvalue weighted by atomic mass is 10.1. The summed E-state index contributed by atoms with van der Waals surface area (Å²) in [6.45, 7) is 6.24. The summed E-state index contributed by atoms with van der Waals surface area (Å²) in [5.41, 5.74) is 1.11. The summed E-state index contributed by atoms with van der Waals surface area (Å²) in [6.07, 6.45) is 0. The molecule has 0 heterocycles. The van der Waals surface area contributed by atoms with Gasteiger partial charge in [-0.2, -0.15) is 5.26 Å². The highest BCUT2D eigenvalue weighted by molar-refractivity contribution is 9.10. The molecular weight excluding hydrogens is 294 g/mol. The number of nitrogens with one attached hydrogen (secondary N) is 2. The van der Waals surface area contributed by atoms with Gasteiger partial charge in [0.25, 0.3) is 0 Å². The monoisotopic (exact) mass is 309 g/mol. The van der Waals surface area contributed by atoms with E-state index in [1.165, 1.54) is 0 Å². The smallest absolute Gasteiger partial charge is 0.238 e. The Morgan fingerprint density at radius 1 is 1.44 bits per heavy atom. The predicted octanol–water partition coefficient (Wildman–Crippen LogP) is 2.65. The van der Waals surface area contributed by atoms with Gasteiger partial charge >= 0.3 is 0 Å². The quantitative estimate of drug-likeness (QED) is 0.902. The summed E-state index contributed by atoms with van der Waals surface area (Å²) < 4.78 is 0.700. The number of hydrogen-bond acceptors (Lipinski definition) is 3. The molecule has 96 valence electrons. The highest BCUT2D eigenvalue weighted by atomic mass is 79.9. The Hall–Kier alpha value is -1.38. The molecule has 1 aromatic rings. The molecule has 0 aromatic heterocycles. The Morgan fingerprint density at radius 3 is 2.61 bits per heavy atom. The number of anilines is 1. The van der Waals surface area contributed by atoms with Crippen molar-refractivity contribution in [2.24, 2.45) is 0 Å². The maximum atomic E-state index is 11.7. The zero-order valence-corrected chi connectivity index (χ0v) is 12.3. The summed E-state index contributed by atoms with van der Waals surface area (Å²) in [7, 11) is 0. The minimum absolute atomic E-state index is 0.0980. The second-order valence-corrected chi connectivity index (χ2v) is 5.81. The van der Waals surface area contributed by atoms with Gasteiger partial charge in [-0.25, -0.2) is 0 Å². The third-order valence-electron chi connectivity index (χ3n) is 2.15. The third-order valence-corrected chi connectivity index (χ3v) is 2.81. The number of benzene rings is 1. The van der Waals surface area contributed by atoms with Crippen LogP contribution in [0.3, 0.4) is 0 Å². The van der Waals surface area contributed by atoms with Crippen molar-refractivity contribution in [2.75, 3.05) is 11.9 Å². The van der Waals surface area contributed by atoms with E-state index in [-0.39, 0.29) is 18.0 Å². The minimum Gasteiger partial charge on any atom is -0.324 e. The van der Waals surface area contributed by atoms with Gasteiger partial charge in [0.2, 0.25) is 5.91 Å². The van der Waals surface area contributed by atoms with E-state index in [1.54, 1.807) is 18.2 Å². The molecule has 2 N–H and O–H groups in total. The van der Waals surface area contributed by atoms with Crippen molar-refractivity contribution >= 4 is 27.5 Å². The summed E-state index contributed by atoms with van der Waals surface area (Å²) in [5, 5.41) is 14.6. The van der Waals surface area contributed by atoms with Gasteiger partial charge in [-0.15, -0.1) is 0 Å². The lowest BCUT2D eigenvalue weighted by Crippen LogP contribution is -2.41. The molecule has 5 heteroatoms. The molecule has 0 unspecified atom stereocenters. The van der Waals surface area contributed by atoms with E-state index < -0.39 is 0 Å². The van der Waals surface area contributed by atoms with E-state index in [0.717, 1.165) is 0 Å². The zero-order chi connectivity index (χ0) is 13.8. The first-order valence-electron chi connectivity index (χ1n) is 5.56. The van der Waals surface area contributed by atoms with Crippen LogP contribution < -0.4 is 10.6 Å². The minimum atomic E-state index is -0.115. The number of hydrogen-bond donors (Lipinski definition) is 2. The average Bonchev–Trinajstić information content (AvgIpc) is 2.28. The molecule has 1 amide bonds. The molecule has 1 aromatic carbocycles. The first-order valence-corrected chi connectivity index (χ1v) is 6.35. The van der Waals surface area contributed by atoms with Crippen molar-refractivity contribution in [1.82, 2.24) is 5.32 Å². The molecule has 0 spiro atoms. The fourth-order valence-corrected chi connectivity index (χ4v) is 1.70. The topological polar surface area (TPSA) is 64.9 Å². The van der Waals surface area contributed by atoms with Gasteiger partial charge in [0.1, 0.15) is 0 Å². The maximum absolute atomic E-state index is 11.7.